The van der Waals surface area contributed by atoms with Crippen molar-refractivity contribution in [2.24, 2.45) is 10.9 Å². The second-order valence-electron chi connectivity index (χ2n) is 6.70. The number of hydrogen-bond donors (Lipinski definition) is 2. The molecule has 2 rings (SSSR count). The van der Waals surface area contributed by atoms with Crippen LogP contribution in [0.1, 0.15) is 32.3 Å². The van der Waals surface area contributed by atoms with Gasteiger partial charge in [0.05, 0.1) is 7.11 Å². The summed E-state index contributed by atoms with van der Waals surface area (Å²) in [6.07, 6.45) is 3.49. The van der Waals surface area contributed by atoms with Crippen molar-refractivity contribution in [1.82, 2.24) is 15.5 Å². The van der Waals surface area contributed by atoms with Crippen LogP contribution in [-0.2, 0) is 6.42 Å². The van der Waals surface area contributed by atoms with Crippen LogP contribution in [0.4, 0.5) is 0 Å². The van der Waals surface area contributed by atoms with Gasteiger partial charge in [0.2, 0.25) is 0 Å². The molecule has 26 heavy (non-hydrogen) atoms. The van der Waals surface area contributed by atoms with Crippen LogP contribution >= 0.6 is 24.0 Å². The Bertz CT molecular complexity index is 521. The Kier molecular flexibility index (Phi) is 11.7. The summed E-state index contributed by atoms with van der Waals surface area (Å²) in [7, 11) is 1.70. The van der Waals surface area contributed by atoms with E-state index in [1.54, 1.807) is 7.11 Å². The average molecular weight is 474 g/mol. The zero-order valence-electron chi connectivity index (χ0n) is 16.5. The summed E-state index contributed by atoms with van der Waals surface area (Å²) in [5, 5.41) is 6.80. The smallest absolute Gasteiger partial charge is 0.191 e. The van der Waals surface area contributed by atoms with Crippen LogP contribution in [0.2, 0.25) is 0 Å². The molecule has 1 saturated heterocycles. The molecule has 1 aliphatic heterocycles. The molecule has 1 heterocycles. The molecule has 2 N–H and O–H groups in total. The molecule has 1 aliphatic rings. The molecule has 6 heteroatoms. The van der Waals surface area contributed by atoms with Crippen LogP contribution in [0.15, 0.2) is 29.3 Å². The second kappa shape index (κ2) is 13.2. The van der Waals surface area contributed by atoms with Crippen molar-refractivity contribution < 1.29 is 4.74 Å². The van der Waals surface area contributed by atoms with Gasteiger partial charge in [-0.1, -0.05) is 19.1 Å². The monoisotopic (exact) mass is 474 g/mol. The van der Waals surface area contributed by atoms with Crippen molar-refractivity contribution >= 4 is 29.9 Å². The summed E-state index contributed by atoms with van der Waals surface area (Å²) in [4.78, 5) is 7.36. The van der Waals surface area contributed by atoms with Gasteiger partial charge in [-0.05, 0) is 62.9 Å². The number of benzene rings is 1. The third-order valence-corrected chi connectivity index (χ3v) is 4.63. The molecule has 0 spiro atoms. The fraction of sp³-hybridized carbons (Fsp3) is 0.650. The first-order valence-electron chi connectivity index (χ1n) is 9.62. The predicted molar refractivity (Wildman–Crippen MR) is 121 cm³/mol. The van der Waals surface area contributed by atoms with Gasteiger partial charge in [-0.25, -0.2) is 0 Å². The summed E-state index contributed by atoms with van der Waals surface area (Å²) in [5.74, 6) is 2.54. The lowest BCUT2D eigenvalue weighted by molar-refractivity contribution is 0.326. The minimum atomic E-state index is 0. The molecule has 0 aromatic heterocycles. The Hall–Kier alpha value is -1.02. The fourth-order valence-electron chi connectivity index (χ4n) is 3.26. The highest BCUT2D eigenvalue weighted by atomic mass is 127. The van der Waals surface area contributed by atoms with Crippen LogP contribution in [0.5, 0.6) is 5.75 Å². The molecule has 1 unspecified atom stereocenters. The van der Waals surface area contributed by atoms with E-state index in [1.165, 1.54) is 38.0 Å². The van der Waals surface area contributed by atoms with Crippen molar-refractivity contribution in [3.63, 3.8) is 0 Å². The molecule has 0 saturated carbocycles. The number of hydrogen-bond acceptors (Lipinski definition) is 3. The van der Waals surface area contributed by atoms with E-state index >= 15 is 0 Å². The van der Waals surface area contributed by atoms with Gasteiger partial charge in [0.25, 0.3) is 0 Å². The molecule has 1 atom stereocenters. The van der Waals surface area contributed by atoms with E-state index in [-0.39, 0.29) is 24.0 Å². The van der Waals surface area contributed by atoms with Gasteiger partial charge < -0.3 is 20.3 Å². The number of halogens is 1. The van der Waals surface area contributed by atoms with Gasteiger partial charge in [0.15, 0.2) is 5.96 Å². The third-order valence-electron chi connectivity index (χ3n) is 4.63. The van der Waals surface area contributed by atoms with E-state index in [9.17, 15) is 0 Å². The van der Waals surface area contributed by atoms with Crippen molar-refractivity contribution in [3.05, 3.63) is 29.8 Å². The van der Waals surface area contributed by atoms with E-state index in [1.807, 2.05) is 12.1 Å². The zero-order chi connectivity index (χ0) is 17.9. The zero-order valence-corrected chi connectivity index (χ0v) is 18.8. The maximum Gasteiger partial charge on any atom is 0.191 e. The fourth-order valence-corrected chi connectivity index (χ4v) is 3.26. The number of methoxy groups -OCH3 is 1. The van der Waals surface area contributed by atoms with E-state index in [4.69, 9.17) is 9.73 Å². The lowest BCUT2D eigenvalue weighted by Crippen LogP contribution is -2.38. The molecule has 0 bridgehead atoms. The Morgan fingerprint density at radius 3 is 2.65 bits per heavy atom. The molecular formula is C20H35IN4O. The minimum absolute atomic E-state index is 0. The number of nitrogens with zero attached hydrogens (tertiary/aromatic N) is 2. The molecule has 5 nitrogen and oxygen atoms in total. The van der Waals surface area contributed by atoms with E-state index in [0.717, 1.165) is 37.8 Å². The van der Waals surface area contributed by atoms with Crippen LogP contribution < -0.4 is 15.4 Å². The number of ether oxygens (including phenoxy) is 1. The van der Waals surface area contributed by atoms with Crippen LogP contribution in [0, 0.1) is 5.92 Å². The molecule has 0 aliphatic carbocycles. The first-order chi connectivity index (χ1) is 12.2. The Morgan fingerprint density at radius 1 is 1.23 bits per heavy atom. The summed E-state index contributed by atoms with van der Waals surface area (Å²) in [6, 6.07) is 8.25. The van der Waals surface area contributed by atoms with E-state index in [2.05, 4.69) is 41.5 Å². The third kappa shape index (κ3) is 8.12. The average Bonchev–Trinajstić information content (AvgIpc) is 3.08. The quantitative estimate of drug-likeness (QED) is 0.328. The van der Waals surface area contributed by atoms with Gasteiger partial charge in [-0.2, -0.15) is 0 Å². The van der Waals surface area contributed by atoms with Crippen LogP contribution in [0.25, 0.3) is 0 Å². The summed E-state index contributed by atoms with van der Waals surface area (Å²) in [5.41, 5.74) is 1.30. The van der Waals surface area contributed by atoms with Crippen LogP contribution in [-0.4, -0.2) is 57.2 Å². The van der Waals surface area contributed by atoms with Gasteiger partial charge in [-0.15, -0.1) is 24.0 Å². The van der Waals surface area contributed by atoms with Crippen molar-refractivity contribution in [2.75, 3.05) is 46.4 Å². The number of rotatable bonds is 9. The van der Waals surface area contributed by atoms with Crippen LogP contribution in [0.3, 0.4) is 0 Å². The molecule has 0 radical (unpaired) electrons. The van der Waals surface area contributed by atoms with E-state index < -0.39 is 0 Å². The Balaban J connectivity index is 0.00000338. The number of nitrogens with one attached hydrogen (secondary N) is 2. The molecule has 0 amide bonds. The minimum Gasteiger partial charge on any atom is -0.497 e. The lowest BCUT2D eigenvalue weighted by atomic mass is 10.1. The molecule has 1 fully saturated rings. The molecule has 1 aromatic carbocycles. The van der Waals surface area contributed by atoms with Gasteiger partial charge in [-0.3, -0.25) is 4.99 Å². The lowest BCUT2D eigenvalue weighted by Gasteiger charge is -2.15. The normalized spacial score (nSPS) is 17.7. The van der Waals surface area contributed by atoms with Crippen molar-refractivity contribution in [2.45, 2.75) is 33.1 Å². The summed E-state index contributed by atoms with van der Waals surface area (Å²) in [6.45, 7) is 10.7. The number of likely N-dealkylation sites (tertiary alicyclic amines) is 1. The highest BCUT2D eigenvalue weighted by molar-refractivity contribution is 14.0. The molecule has 148 valence electrons. The van der Waals surface area contributed by atoms with Gasteiger partial charge in [0, 0.05) is 26.2 Å². The largest absolute Gasteiger partial charge is 0.497 e. The maximum atomic E-state index is 5.20. The maximum absolute atomic E-state index is 5.20. The first-order valence-corrected chi connectivity index (χ1v) is 9.62. The highest BCUT2D eigenvalue weighted by Crippen LogP contribution is 2.16. The number of guanidine groups is 1. The van der Waals surface area contributed by atoms with Crippen molar-refractivity contribution in [3.8, 4) is 5.75 Å². The van der Waals surface area contributed by atoms with Gasteiger partial charge >= 0.3 is 0 Å². The molecular weight excluding hydrogens is 439 g/mol. The Morgan fingerprint density at radius 2 is 2.00 bits per heavy atom. The topological polar surface area (TPSA) is 48.9 Å². The predicted octanol–water partition coefficient (Wildman–Crippen LogP) is 3.14. The summed E-state index contributed by atoms with van der Waals surface area (Å²) < 4.78 is 5.20. The SMILES string of the molecule is CCCN1CCC(CN=C(NCC)NCCc2ccc(OC)cc2)C1.I. The van der Waals surface area contributed by atoms with E-state index in [0.29, 0.717) is 5.92 Å². The van der Waals surface area contributed by atoms with Gasteiger partial charge in [0.1, 0.15) is 5.75 Å². The number of aliphatic imine (C=N–C) groups is 1. The standard InChI is InChI=1S/C20H34N4O.HI/c1-4-13-24-14-11-18(16-24)15-23-20(21-5-2)22-12-10-17-6-8-19(25-3)9-7-17;/h6-9,18H,4-5,10-16H2,1-3H3,(H2,21,22,23);1H. The summed E-state index contributed by atoms with van der Waals surface area (Å²) >= 11 is 0. The first kappa shape index (κ1) is 23.0. The Labute approximate surface area is 176 Å². The highest BCUT2D eigenvalue weighted by Gasteiger charge is 2.21. The molecule has 1 aromatic rings. The van der Waals surface area contributed by atoms with Crippen molar-refractivity contribution in [1.29, 1.82) is 0 Å². The second-order valence-corrected chi connectivity index (χ2v) is 6.70.